The SMILES string of the molecule is CCCNC(CSC1CCCC(C)C1)C(C)(C)C. The van der Waals surface area contributed by atoms with Gasteiger partial charge >= 0.3 is 0 Å². The molecular weight excluding hydrogens is 238 g/mol. The predicted octanol–water partition coefficient (Wildman–Crippen LogP) is 4.71. The zero-order valence-electron chi connectivity index (χ0n) is 13.1. The highest BCUT2D eigenvalue weighted by Gasteiger charge is 2.26. The molecule has 1 aliphatic rings. The summed E-state index contributed by atoms with van der Waals surface area (Å²) >= 11 is 2.22. The fraction of sp³-hybridized carbons (Fsp3) is 1.00. The largest absolute Gasteiger partial charge is 0.313 e. The Hall–Kier alpha value is 0.310. The summed E-state index contributed by atoms with van der Waals surface area (Å²) in [6.07, 6.45) is 7.02. The molecule has 0 aromatic heterocycles. The van der Waals surface area contributed by atoms with Gasteiger partial charge in [-0.2, -0.15) is 11.8 Å². The molecule has 0 saturated heterocycles. The first kappa shape index (κ1) is 16.4. The first-order valence-electron chi connectivity index (χ1n) is 7.78. The number of rotatable bonds is 6. The smallest absolute Gasteiger partial charge is 0.0206 e. The molecule has 1 nitrogen and oxygen atoms in total. The van der Waals surface area contributed by atoms with E-state index in [9.17, 15) is 0 Å². The molecule has 0 heterocycles. The van der Waals surface area contributed by atoms with Crippen molar-refractivity contribution in [3.05, 3.63) is 0 Å². The molecule has 1 N–H and O–H groups in total. The average molecular weight is 272 g/mol. The topological polar surface area (TPSA) is 12.0 Å². The number of nitrogens with one attached hydrogen (secondary N) is 1. The van der Waals surface area contributed by atoms with E-state index in [1.54, 1.807) is 0 Å². The standard InChI is InChI=1S/C16H33NS/c1-6-10-17-15(16(3,4)5)12-18-14-9-7-8-13(2)11-14/h13-15,17H,6-12H2,1-5H3. The normalized spacial score (nSPS) is 27.2. The molecule has 3 atom stereocenters. The summed E-state index contributed by atoms with van der Waals surface area (Å²) in [5.41, 5.74) is 0.377. The lowest BCUT2D eigenvalue weighted by Gasteiger charge is -2.34. The Morgan fingerprint density at radius 3 is 2.56 bits per heavy atom. The van der Waals surface area contributed by atoms with Crippen molar-refractivity contribution in [3.63, 3.8) is 0 Å². The Labute approximate surface area is 119 Å². The quantitative estimate of drug-likeness (QED) is 0.750. The van der Waals surface area contributed by atoms with Crippen molar-refractivity contribution >= 4 is 11.8 Å². The highest BCUT2D eigenvalue weighted by molar-refractivity contribution is 7.99. The van der Waals surface area contributed by atoms with Crippen LogP contribution in [-0.2, 0) is 0 Å². The second-order valence-electron chi connectivity index (χ2n) is 7.10. The van der Waals surface area contributed by atoms with Gasteiger partial charge in [0.05, 0.1) is 0 Å². The molecule has 0 bridgehead atoms. The predicted molar refractivity (Wildman–Crippen MR) is 85.4 cm³/mol. The van der Waals surface area contributed by atoms with Gasteiger partial charge in [-0.1, -0.05) is 47.5 Å². The molecule has 0 aromatic rings. The molecule has 18 heavy (non-hydrogen) atoms. The van der Waals surface area contributed by atoms with Crippen LogP contribution in [0.5, 0.6) is 0 Å². The molecule has 1 saturated carbocycles. The third-order valence-corrected chi connectivity index (χ3v) is 5.50. The second-order valence-corrected chi connectivity index (χ2v) is 8.43. The van der Waals surface area contributed by atoms with Crippen LogP contribution in [-0.4, -0.2) is 23.6 Å². The maximum atomic E-state index is 3.74. The van der Waals surface area contributed by atoms with Crippen molar-refractivity contribution in [2.24, 2.45) is 11.3 Å². The minimum absolute atomic E-state index is 0.377. The van der Waals surface area contributed by atoms with Gasteiger partial charge in [0.1, 0.15) is 0 Å². The van der Waals surface area contributed by atoms with E-state index < -0.39 is 0 Å². The van der Waals surface area contributed by atoms with E-state index in [4.69, 9.17) is 0 Å². The first-order chi connectivity index (χ1) is 8.43. The molecule has 0 aromatic carbocycles. The van der Waals surface area contributed by atoms with Crippen molar-refractivity contribution < 1.29 is 0 Å². The van der Waals surface area contributed by atoms with Crippen LogP contribution in [0.4, 0.5) is 0 Å². The second kappa shape index (κ2) is 7.79. The Morgan fingerprint density at radius 1 is 1.28 bits per heavy atom. The minimum atomic E-state index is 0.377. The summed E-state index contributed by atoms with van der Waals surface area (Å²) in [6.45, 7) is 12.9. The fourth-order valence-electron chi connectivity index (χ4n) is 2.70. The fourth-order valence-corrected chi connectivity index (χ4v) is 4.58. The van der Waals surface area contributed by atoms with Gasteiger partial charge in [0.15, 0.2) is 0 Å². The van der Waals surface area contributed by atoms with Crippen molar-refractivity contribution in [1.29, 1.82) is 0 Å². The van der Waals surface area contributed by atoms with Crippen molar-refractivity contribution in [2.75, 3.05) is 12.3 Å². The van der Waals surface area contributed by atoms with E-state index in [1.807, 2.05) is 0 Å². The van der Waals surface area contributed by atoms with E-state index in [1.165, 1.54) is 37.9 Å². The number of thioether (sulfide) groups is 1. The van der Waals surface area contributed by atoms with Crippen molar-refractivity contribution in [3.8, 4) is 0 Å². The molecular formula is C16H33NS. The molecule has 1 rings (SSSR count). The monoisotopic (exact) mass is 271 g/mol. The number of hydrogen-bond donors (Lipinski definition) is 1. The lowest BCUT2D eigenvalue weighted by atomic mass is 9.88. The van der Waals surface area contributed by atoms with Crippen LogP contribution < -0.4 is 5.32 Å². The average Bonchev–Trinajstić information content (AvgIpc) is 2.27. The molecule has 1 aliphatic carbocycles. The number of hydrogen-bond acceptors (Lipinski definition) is 2. The van der Waals surface area contributed by atoms with Crippen LogP contribution in [0.2, 0.25) is 0 Å². The molecule has 0 aliphatic heterocycles. The lowest BCUT2D eigenvalue weighted by Crippen LogP contribution is -2.43. The van der Waals surface area contributed by atoms with Gasteiger partial charge in [0.25, 0.3) is 0 Å². The van der Waals surface area contributed by atoms with E-state index in [0.717, 1.165) is 17.7 Å². The minimum Gasteiger partial charge on any atom is -0.313 e. The third-order valence-electron chi connectivity index (χ3n) is 4.07. The van der Waals surface area contributed by atoms with E-state index in [0.29, 0.717) is 11.5 Å². The summed E-state index contributed by atoms with van der Waals surface area (Å²) in [5, 5.41) is 4.66. The van der Waals surface area contributed by atoms with Gasteiger partial charge in [0, 0.05) is 17.0 Å². The van der Waals surface area contributed by atoms with E-state index in [-0.39, 0.29) is 0 Å². The van der Waals surface area contributed by atoms with Crippen LogP contribution in [0.1, 0.15) is 66.7 Å². The molecule has 108 valence electrons. The van der Waals surface area contributed by atoms with Crippen LogP contribution >= 0.6 is 11.8 Å². The molecule has 0 amide bonds. The molecule has 1 fully saturated rings. The Bertz CT molecular complexity index is 222. The molecule has 0 spiro atoms. The maximum absolute atomic E-state index is 3.74. The maximum Gasteiger partial charge on any atom is 0.0206 e. The van der Waals surface area contributed by atoms with E-state index >= 15 is 0 Å². The van der Waals surface area contributed by atoms with Gasteiger partial charge in [-0.05, 0) is 37.1 Å². The van der Waals surface area contributed by atoms with Crippen LogP contribution in [0, 0.1) is 11.3 Å². The Balaban J connectivity index is 2.36. The Morgan fingerprint density at radius 2 is 2.00 bits per heavy atom. The zero-order valence-corrected chi connectivity index (χ0v) is 13.9. The Kier molecular flexibility index (Phi) is 7.08. The van der Waals surface area contributed by atoms with Gasteiger partial charge in [-0.15, -0.1) is 0 Å². The highest BCUT2D eigenvalue weighted by atomic mass is 32.2. The molecule has 2 heteroatoms. The lowest BCUT2D eigenvalue weighted by molar-refractivity contribution is 0.291. The summed E-state index contributed by atoms with van der Waals surface area (Å²) in [6, 6.07) is 0.652. The molecule has 0 radical (unpaired) electrons. The summed E-state index contributed by atoms with van der Waals surface area (Å²) < 4.78 is 0. The van der Waals surface area contributed by atoms with Crippen LogP contribution in [0.15, 0.2) is 0 Å². The van der Waals surface area contributed by atoms with Crippen molar-refractivity contribution in [1.82, 2.24) is 5.32 Å². The summed E-state index contributed by atoms with van der Waals surface area (Å²) in [4.78, 5) is 0. The zero-order chi connectivity index (χ0) is 13.6. The van der Waals surface area contributed by atoms with E-state index in [2.05, 4.69) is 51.7 Å². The third kappa shape index (κ3) is 5.97. The van der Waals surface area contributed by atoms with Crippen LogP contribution in [0.25, 0.3) is 0 Å². The summed E-state index contributed by atoms with van der Waals surface area (Å²) in [5.74, 6) is 2.23. The van der Waals surface area contributed by atoms with Gasteiger partial charge < -0.3 is 5.32 Å². The van der Waals surface area contributed by atoms with Crippen LogP contribution in [0.3, 0.4) is 0 Å². The van der Waals surface area contributed by atoms with Gasteiger partial charge in [-0.3, -0.25) is 0 Å². The molecule has 3 unspecified atom stereocenters. The van der Waals surface area contributed by atoms with Crippen molar-refractivity contribution in [2.45, 2.75) is 78.0 Å². The first-order valence-corrected chi connectivity index (χ1v) is 8.83. The van der Waals surface area contributed by atoms with Gasteiger partial charge in [0.2, 0.25) is 0 Å². The van der Waals surface area contributed by atoms with Gasteiger partial charge in [-0.25, -0.2) is 0 Å². The highest BCUT2D eigenvalue weighted by Crippen LogP contribution is 2.34. The summed E-state index contributed by atoms with van der Waals surface area (Å²) in [7, 11) is 0.